The molecule has 1 N–H and O–H groups in total. The normalized spacial score (nSPS) is 17.8. The highest BCUT2D eigenvalue weighted by atomic mass is 32.1. The lowest BCUT2D eigenvalue weighted by atomic mass is 9.90. The average Bonchev–Trinajstić information content (AvgIpc) is 3.78. The number of ketones is 1. The molecule has 1 unspecified atom stereocenters. The van der Waals surface area contributed by atoms with E-state index in [0.717, 1.165) is 35.2 Å². The van der Waals surface area contributed by atoms with Gasteiger partial charge in [0, 0.05) is 45.6 Å². The van der Waals surface area contributed by atoms with E-state index in [1.807, 2.05) is 29.6 Å². The van der Waals surface area contributed by atoms with Gasteiger partial charge in [-0.2, -0.15) is 10.2 Å². The van der Waals surface area contributed by atoms with E-state index >= 15 is 0 Å². The Morgan fingerprint density at radius 1 is 1.00 bits per heavy atom. The van der Waals surface area contributed by atoms with Crippen LogP contribution in [0, 0.1) is 0 Å². The van der Waals surface area contributed by atoms with E-state index in [1.54, 1.807) is 23.2 Å². The lowest BCUT2D eigenvalue weighted by Gasteiger charge is -2.23. The number of fused-ring (bicyclic) bond motifs is 2. The molecule has 3 aromatic heterocycles. The second-order valence-corrected chi connectivity index (χ2v) is 12.6. The Labute approximate surface area is 263 Å². The van der Waals surface area contributed by atoms with Gasteiger partial charge in [0.1, 0.15) is 18.8 Å². The second-order valence-electron chi connectivity index (χ2n) is 11.7. The first-order chi connectivity index (χ1) is 21.8. The zero-order chi connectivity index (χ0) is 31.1. The van der Waals surface area contributed by atoms with Crippen molar-refractivity contribution in [2.75, 3.05) is 11.9 Å². The minimum Gasteiger partial charge on any atom is -0.337 e. The van der Waals surface area contributed by atoms with Gasteiger partial charge in [-0.1, -0.05) is 18.2 Å². The molecule has 2 aromatic carbocycles. The Morgan fingerprint density at radius 3 is 2.62 bits per heavy atom. The number of carbonyl (C=O) groups is 3. The van der Waals surface area contributed by atoms with Crippen LogP contribution < -0.4 is 5.32 Å². The number of alkyl halides is 1. The van der Waals surface area contributed by atoms with Gasteiger partial charge in [-0.3, -0.25) is 14.4 Å². The molecule has 0 radical (unpaired) electrons. The second kappa shape index (κ2) is 12.0. The van der Waals surface area contributed by atoms with E-state index in [1.165, 1.54) is 47.1 Å². The van der Waals surface area contributed by atoms with Gasteiger partial charge in [-0.15, -0.1) is 11.3 Å². The largest absolute Gasteiger partial charge is 0.337 e. The van der Waals surface area contributed by atoms with Crippen LogP contribution in [0.5, 0.6) is 0 Å². The van der Waals surface area contributed by atoms with Gasteiger partial charge in [0.2, 0.25) is 11.8 Å². The van der Waals surface area contributed by atoms with Crippen molar-refractivity contribution in [3.05, 3.63) is 83.1 Å². The third-order valence-electron chi connectivity index (χ3n) is 8.74. The number of Topliss-reactive ketones (excluding diaryl/α,β-unsaturated/α-hetero) is 1. The summed E-state index contributed by atoms with van der Waals surface area (Å²) < 4.78 is 16.4. The Morgan fingerprint density at radius 2 is 1.82 bits per heavy atom. The number of anilines is 1. The van der Waals surface area contributed by atoms with Crippen molar-refractivity contribution in [3.63, 3.8) is 0 Å². The van der Waals surface area contributed by atoms with Crippen LogP contribution >= 0.6 is 11.3 Å². The SMILES string of the molecule is CC(=O)c1cn(CC(=O)N2C[C@H](F)CC2C(=O)Nc2nc(-c3ccc4c(c3)CCCC4)cs2)c2ccc(-c3ccnnc3)cc12. The van der Waals surface area contributed by atoms with Gasteiger partial charge < -0.3 is 14.8 Å². The number of nitrogens with zero attached hydrogens (tertiary/aromatic N) is 5. The first-order valence-electron chi connectivity index (χ1n) is 15.1. The van der Waals surface area contributed by atoms with E-state index in [2.05, 4.69) is 38.7 Å². The molecule has 4 heterocycles. The van der Waals surface area contributed by atoms with E-state index < -0.39 is 24.0 Å². The summed E-state index contributed by atoms with van der Waals surface area (Å²) in [7, 11) is 0. The zero-order valence-corrected chi connectivity index (χ0v) is 25.5. The Balaban J connectivity index is 1.08. The topological polar surface area (TPSA) is 110 Å². The minimum absolute atomic E-state index is 0.0882. The summed E-state index contributed by atoms with van der Waals surface area (Å²) in [4.78, 5) is 45.4. The van der Waals surface area contributed by atoms with Gasteiger partial charge in [-0.25, -0.2) is 9.37 Å². The molecule has 0 saturated carbocycles. The summed E-state index contributed by atoms with van der Waals surface area (Å²) in [5.41, 5.74) is 7.38. The first kappa shape index (κ1) is 29.0. The van der Waals surface area contributed by atoms with E-state index in [4.69, 9.17) is 0 Å². The number of aryl methyl sites for hydroxylation is 2. The minimum atomic E-state index is -1.32. The van der Waals surface area contributed by atoms with Crippen LogP contribution in [-0.4, -0.2) is 61.0 Å². The molecule has 2 aliphatic rings. The summed E-state index contributed by atoms with van der Waals surface area (Å²) in [6.07, 6.45) is 8.04. The average molecular weight is 623 g/mol. The van der Waals surface area contributed by atoms with Gasteiger partial charge in [0.25, 0.3) is 0 Å². The van der Waals surface area contributed by atoms with Crippen LogP contribution in [-0.2, 0) is 29.0 Å². The van der Waals surface area contributed by atoms with Gasteiger partial charge in [0.05, 0.1) is 24.6 Å². The van der Waals surface area contributed by atoms with Crippen molar-refractivity contribution in [1.82, 2.24) is 24.6 Å². The standard InChI is InChI=1S/C34H31FN6O3S/c1-20(42)28-17-40(30-9-8-23(13-27(28)30)25-10-11-36-37-15-25)18-32(43)41-16-26(35)14-31(41)33(44)39-34-38-29(19-45-34)24-7-6-21-4-2-3-5-22(21)12-24/h6-13,15,17,19,26,31H,2-5,14,16,18H2,1H3,(H,38,39,44)/t26-,31?/m1/s1. The maximum atomic E-state index is 14.7. The summed E-state index contributed by atoms with van der Waals surface area (Å²) in [5.74, 6) is -1.01. The number of nitrogens with one attached hydrogen (secondary N) is 1. The number of aromatic nitrogens is 4. The van der Waals surface area contributed by atoms with Crippen LogP contribution in [0.25, 0.3) is 33.3 Å². The molecule has 2 amide bonds. The van der Waals surface area contributed by atoms with Crippen molar-refractivity contribution >= 4 is 45.0 Å². The lowest BCUT2D eigenvalue weighted by molar-refractivity contribution is -0.137. The number of amides is 2. The number of hydrogen-bond donors (Lipinski definition) is 1. The fourth-order valence-electron chi connectivity index (χ4n) is 6.44. The van der Waals surface area contributed by atoms with Crippen LogP contribution in [0.15, 0.2) is 66.4 Å². The quantitative estimate of drug-likeness (QED) is 0.227. The van der Waals surface area contributed by atoms with Gasteiger partial charge >= 0.3 is 0 Å². The van der Waals surface area contributed by atoms with Crippen molar-refractivity contribution in [1.29, 1.82) is 0 Å². The third kappa shape index (κ3) is 5.75. The van der Waals surface area contributed by atoms with Crippen molar-refractivity contribution < 1.29 is 18.8 Å². The van der Waals surface area contributed by atoms with Crippen LogP contribution in [0.2, 0.25) is 0 Å². The zero-order valence-electron chi connectivity index (χ0n) is 24.7. The number of rotatable bonds is 7. The van der Waals surface area contributed by atoms with Crippen molar-refractivity contribution in [3.8, 4) is 22.4 Å². The lowest BCUT2D eigenvalue weighted by Crippen LogP contribution is -2.44. The van der Waals surface area contributed by atoms with Crippen LogP contribution in [0.3, 0.4) is 0 Å². The highest BCUT2D eigenvalue weighted by molar-refractivity contribution is 7.14. The Kier molecular flexibility index (Phi) is 7.70. The maximum Gasteiger partial charge on any atom is 0.249 e. The summed E-state index contributed by atoms with van der Waals surface area (Å²) in [5, 5.41) is 13.6. The highest BCUT2D eigenvalue weighted by Gasteiger charge is 2.40. The first-order valence-corrected chi connectivity index (χ1v) is 15.9. The summed E-state index contributed by atoms with van der Waals surface area (Å²) >= 11 is 1.30. The monoisotopic (exact) mass is 622 g/mol. The molecule has 1 aliphatic heterocycles. The highest BCUT2D eigenvalue weighted by Crippen LogP contribution is 2.32. The summed E-state index contributed by atoms with van der Waals surface area (Å²) in [6.45, 7) is 1.16. The molecule has 45 heavy (non-hydrogen) atoms. The number of thiazole rings is 1. The van der Waals surface area contributed by atoms with Gasteiger partial charge in [0.15, 0.2) is 10.9 Å². The fourth-order valence-corrected chi connectivity index (χ4v) is 7.16. The smallest absolute Gasteiger partial charge is 0.249 e. The molecule has 0 bridgehead atoms. The summed E-state index contributed by atoms with van der Waals surface area (Å²) in [6, 6.07) is 12.9. The predicted octanol–water partition coefficient (Wildman–Crippen LogP) is 5.88. The number of halogens is 1. The van der Waals surface area contributed by atoms with Crippen LogP contribution in [0.1, 0.15) is 47.7 Å². The molecule has 228 valence electrons. The Bertz CT molecular complexity index is 1940. The molecular weight excluding hydrogens is 591 g/mol. The molecule has 5 aromatic rings. The van der Waals surface area contributed by atoms with E-state index in [9.17, 15) is 18.8 Å². The van der Waals surface area contributed by atoms with Crippen molar-refractivity contribution in [2.24, 2.45) is 0 Å². The Hall–Kier alpha value is -4.77. The van der Waals surface area contributed by atoms with Crippen molar-refractivity contribution in [2.45, 2.75) is 57.8 Å². The van der Waals surface area contributed by atoms with E-state index in [-0.39, 0.29) is 25.3 Å². The molecule has 0 spiro atoms. The molecule has 7 rings (SSSR count). The maximum absolute atomic E-state index is 14.7. The number of likely N-dealkylation sites (tertiary alicyclic amines) is 1. The molecule has 9 nitrogen and oxygen atoms in total. The molecule has 1 aliphatic carbocycles. The predicted molar refractivity (Wildman–Crippen MR) is 171 cm³/mol. The fraction of sp³-hybridized carbons (Fsp3) is 0.294. The molecule has 1 fully saturated rings. The van der Waals surface area contributed by atoms with Crippen LogP contribution in [0.4, 0.5) is 9.52 Å². The number of hydrogen-bond acceptors (Lipinski definition) is 7. The molecule has 11 heteroatoms. The molecule has 1 saturated heterocycles. The van der Waals surface area contributed by atoms with E-state index in [0.29, 0.717) is 21.6 Å². The van der Waals surface area contributed by atoms with Gasteiger partial charge in [-0.05, 0) is 73.6 Å². The number of benzene rings is 2. The molecular formula is C34H31FN6O3S. The third-order valence-corrected chi connectivity index (χ3v) is 9.49. The molecule has 2 atom stereocenters. The number of carbonyl (C=O) groups excluding carboxylic acids is 3.